The Morgan fingerprint density at radius 2 is 1.76 bits per heavy atom. The molecular formula is C43H52F3N7O9S. The van der Waals surface area contributed by atoms with E-state index < -0.39 is 86.4 Å². The molecule has 4 aliphatic rings. The SMILES string of the molecule is CN(C)c1ccc2c(OC3C[C@H]4C(=O)N[C@]5(C(=O)NS(=O)(=O)C6CC6)C[C@H]5C=CCCCNC[C@H](NC(=O)OC(C)(C)C)C(=O)N4C3)nc(-c3ccc(OC(F)(F)F)cc3)cc2c1. The van der Waals surface area contributed by atoms with Crippen LogP contribution in [0.3, 0.4) is 0 Å². The lowest BCUT2D eigenvalue weighted by Crippen LogP contribution is -2.59. The van der Waals surface area contributed by atoms with Gasteiger partial charge in [0.1, 0.15) is 35.1 Å². The molecule has 2 aliphatic heterocycles. The number of pyridine rings is 1. The van der Waals surface area contributed by atoms with Crippen LogP contribution in [0.4, 0.5) is 23.7 Å². The van der Waals surface area contributed by atoms with E-state index in [9.17, 15) is 40.8 Å². The molecule has 3 heterocycles. The summed E-state index contributed by atoms with van der Waals surface area (Å²) >= 11 is 0. The van der Waals surface area contributed by atoms with Gasteiger partial charge in [-0.05, 0) is 113 Å². The molecule has 0 radical (unpaired) electrons. The molecule has 0 spiro atoms. The molecule has 63 heavy (non-hydrogen) atoms. The Hall–Kier alpha value is -5.63. The number of aromatic nitrogens is 1. The van der Waals surface area contributed by atoms with Crippen LogP contribution in [0.1, 0.15) is 59.3 Å². The molecule has 3 fully saturated rings. The maximum atomic E-state index is 14.7. The Morgan fingerprint density at radius 3 is 2.43 bits per heavy atom. The second-order valence-corrected chi connectivity index (χ2v) is 19.5. The first-order valence-electron chi connectivity index (χ1n) is 20.8. The van der Waals surface area contributed by atoms with Crippen molar-refractivity contribution < 1.29 is 55.0 Å². The van der Waals surface area contributed by atoms with Crippen molar-refractivity contribution in [2.75, 3.05) is 38.6 Å². The van der Waals surface area contributed by atoms with Gasteiger partial charge in [-0.1, -0.05) is 12.2 Å². The highest BCUT2D eigenvalue weighted by molar-refractivity contribution is 7.91. The number of anilines is 1. The van der Waals surface area contributed by atoms with Crippen LogP contribution in [0.5, 0.6) is 11.6 Å². The molecule has 2 saturated carbocycles. The van der Waals surface area contributed by atoms with E-state index in [-0.39, 0.29) is 31.8 Å². The van der Waals surface area contributed by atoms with E-state index in [1.54, 1.807) is 39.0 Å². The molecule has 20 heteroatoms. The van der Waals surface area contributed by atoms with Crippen LogP contribution in [-0.4, -0.2) is 117 Å². The number of rotatable bonds is 9. The second kappa shape index (κ2) is 17.5. The first-order valence-corrected chi connectivity index (χ1v) is 22.4. The third kappa shape index (κ3) is 10.9. The van der Waals surface area contributed by atoms with Gasteiger partial charge in [-0.15, -0.1) is 13.2 Å². The molecule has 1 saturated heterocycles. The molecule has 3 aromatic rings. The summed E-state index contributed by atoms with van der Waals surface area (Å²) in [6.07, 6.45) is -0.884. The lowest BCUT2D eigenvalue weighted by Gasteiger charge is -2.30. The van der Waals surface area contributed by atoms with Crippen LogP contribution < -0.4 is 35.0 Å². The predicted molar refractivity (Wildman–Crippen MR) is 226 cm³/mol. The highest BCUT2D eigenvalue weighted by atomic mass is 32.2. The second-order valence-electron chi connectivity index (χ2n) is 17.6. The quantitative estimate of drug-likeness (QED) is 0.220. The number of carbonyl (C=O) groups excluding carboxylic acids is 4. The van der Waals surface area contributed by atoms with Crippen LogP contribution in [0.15, 0.2) is 60.7 Å². The summed E-state index contributed by atoms with van der Waals surface area (Å²) in [6, 6.07) is 10.0. The predicted octanol–water partition coefficient (Wildman–Crippen LogP) is 4.53. The number of sulfonamides is 1. The van der Waals surface area contributed by atoms with E-state index in [4.69, 9.17) is 14.5 Å². The van der Waals surface area contributed by atoms with Crippen molar-refractivity contribution >= 4 is 50.3 Å². The summed E-state index contributed by atoms with van der Waals surface area (Å²) in [5, 5.41) is 9.25. The maximum Gasteiger partial charge on any atom is 0.573 e. The number of benzene rings is 2. The topological polar surface area (TPSA) is 198 Å². The van der Waals surface area contributed by atoms with Crippen molar-refractivity contribution in [1.29, 1.82) is 0 Å². The van der Waals surface area contributed by atoms with Gasteiger partial charge in [0, 0.05) is 49.6 Å². The van der Waals surface area contributed by atoms with E-state index in [2.05, 4.69) is 25.4 Å². The van der Waals surface area contributed by atoms with E-state index >= 15 is 0 Å². The van der Waals surface area contributed by atoms with E-state index in [1.807, 2.05) is 37.2 Å². The standard InChI is InChI=1S/C43H52F3N7O9S/c1-41(2,3)62-40(57)49-34-23-47-18-8-6-7-9-27-22-42(27,39(56)51-63(58,59)31-15-16-31)50-36(54)35-21-30(24-53(35)38(34)55)60-37-32-17-12-28(52(4)5)19-26(32)20-33(48-37)25-10-13-29(14-11-25)61-43(44,45)46/h7,9-14,17,19-20,27,30-31,34-35,47H,6,8,15-16,18,21-24H2,1-5H3,(H,49,57)(H,50,54)(H,51,56)/t27-,30?,34+,35+,42-/m1/s1. The summed E-state index contributed by atoms with van der Waals surface area (Å²) in [7, 11) is -0.246. The average Bonchev–Trinajstić information content (AvgIpc) is 4.12. The van der Waals surface area contributed by atoms with Gasteiger partial charge < -0.3 is 40.0 Å². The summed E-state index contributed by atoms with van der Waals surface area (Å²) in [6.45, 7) is 5.30. The average molecular weight is 900 g/mol. The van der Waals surface area contributed by atoms with Gasteiger partial charge in [0.05, 0.1) is 17.5 Å². The van der Waals surface area contributed by atoms with Crippen LogP contribution in [-0.2, 0) is 29.1 Å². The fraction of sp³-hybridized carbons (Fsp3) is 0.512. The maximum absolute atomic E-state index is 14.7. The Kier molecular flexibility index (Phi) is 12.6. The zero-order valence-corrected chi connectivity index (χ0v) is 36.4. The van der Waals surface area contributed by atoms with E-state index in [0.29, 0.717) is 54.3 Å². The number of nitrogens with one attached hydrogen (secondary N) is 4. The van der Waals surface area contributed by atoms with Gasteiger partial charge in [0.15, 0.2) is 0 Å². The van der Waals surface area contributed by atoms with Crippen molar-refractivity contribution in [2.45, 2.75) is 100 Å². The number of halogens is 3. The van der Waals surface area contributed by atoms with E-state index in [1.165, 1.54) is 29.2 Å². The molecule has 7 rings (SSSR count). The largest absolute Gasteiger partial charge is 0.573 e. The molecule has 4 amide bonds. The number of alkyl carbamates (subject to hydrolysis) is 1. The number of ether oxygens (including phenoxy) is 3. The number of nitrogens with zero attached hydrogens (tertiary/aromatic N) is 3. The van der Waals surface area contributed by atoms with E-state index in [0.717, 1.165) is 5.69 Å². The van der Waals surface area contributed by atoms with Gasteiger partial charge in [0.2, 0.25) is 27.7 Å². The monoisotopic (exact) mass is 899 g/mol. The first-order chi connectivity index (χ1) is 29.6. The van der Waals surface area contributed by atoms with Gasteiger partial charge in [-0.25, -0.2) is 18.2 Å². The number of amides is 4. The minimum atomic E-state index is -4.88. The lowest BCUT2D eigenvalue weighted by atomic mass is 10.1. The van der Waals surface area contributed by atoms with Crippen molar-refractivity contribution in [3.05, 3.63) is 60.7 Å². The molecule has 0 bridgehead atoms. The summed E-state index contributed by atoms with van der Waals surface area (Å²) in [5.74, 6) is -3.05. The molecular weight excluding hydrogens is 848 g/mol. The molecule has 5 atom stereocenters. The van der Waals surface area contributed by atoms with Crippen molar-refractivity contribution in [1.82, 2.24) is 30.6 Å². The fourth-order valence-electron chi connectivity index (χ4n) is 7.76. The highest BCUT2D eigenvalue weighted by Gasteiger charge is 2.62. The van der Waals surface area contributed by atoms with Crippen LogP contribution >= 0.6 is 0 Å². The molecule has 1 aromatic heterocycles. The molecule has 4 N–H and O–H groups in total. The third-order valence-corrected chi connectivity index (χ3v) is 13.0. The first kappa shape index (κ1) is 45.4. The third-order valence-electron chi connectivity index (χ3n) is 11.2. The minimum Gasteiger partial charge on any atom is -0.472 e. The number of hydrogen-bond acceptors (Lipinski definition) is 12. The molecule has 2 aromatic carbocycles. The van der Waals surface area contributed by atoms with Gasteiger partial charge >= 0.3 is 12.5 Å². The zero-order chi connectivity index (χ0) is 45.5. The van der Waals surface area contributed by atoms with Crippen molar-refractivity contribution in [2.24, 2.45) is 5.92 Å². The molecule has 16 nitrogen and oxygen atoms in total. The number of allylic oxidation sites excluding steroid dienone is 1. The van der Waals surface area contributed by atoms with Gasteiger partial charge in [-0.3, -0.25) is 19.1 Å². The normalized spacial score (nSPS) is 24.5. The summed E-state index contributed by atoms with van der Waals surface area (Å²) in [4.78, 5) is 64.1. The van der Waals surface area contributed by atoms with Gasteiger partial charge in [0.25, 0.3) is 5.91 Å². The zero-order valence-electron chi connectivity index (χ0n) is 35.6. The van der Waals surface area contributed by atoms with Crippen LogP contribution in [0, 0.1) is 5.92 Å². The Labute approximate surface area is 363 Å². The Balaban J connectivity index is 1.24. The summed E-state index contributed by atoms with van der Waals surface area (Å²) < 4.78 is 83.0. The van der Waals surface area contributed by atoms with Crippen LogP contribution in [0.25, 0.3) is 22.0 Å². The number of alkyl halides is 3. The molecule has 1 unspecified atom stereocenters. The van der Waals surface area contributed by atoms with Gasteiger partial charge in [-0.2, -0.15) is 0 Å². The van der Waals surface area contributed by atoms with Crippen LogP contribution in [0.2, 0.25) is 0 Å². The minimum absolute atomic E-state index is 0.0125. The number of carbonyl (C=O) groups is 4. The molecule has 340 valence electrons. The summed E-state index contributed by atoms with van der Waals surface area (Å²) in [5.41, 5.74) is -0.859. The van der Waals surface area contributed by atoms with Crippen molar-refractivity contribution in [3.8, 4) is 22.9 Å². The lowest BCUT2D eigenvalue weighted by molar-refractivity contribution is -0.274. The Morgan fingerprint density at radius 1 is 1.03 bits per heavy atom. The number of fused-ring (bicyclic) bond motifs is 3. The number of hydrogen-bond donors (Lipinski definition) is 4. The Bertz CT molecular complexity index is 2390. The smallest absolute Gasteiger partial charge is 0.472 e. The highest BCUT2D eigenvalue weighted by Crippen LogP contribution is 2.46. The fourth-order valence-corrected chi connectivity index (χ4v) is 9.12. The van der Waals surface area contributed by atoms with Crippen molar-refractivity contribution in [3.63, 3.8) is 0 Å². The molecule has 2 aliphatic carbocycles.